The Morgan fingerprint density at radius 3 is 1.37 bits per heavy atom. The number of nitrogens with zero attached hydrogens (tertiary/aromatic N) is 8. The Bertz CT molecular complexity index is 2520. The van der Waals surface area contributed by atoms with E-state index in [0.29, 0.717) is 60.8 Å². The summed E-state index contributed by atoms with van der Waals surface area (Å²) >= 11 is 0. The van der Waals surface area contributed by atoms with Gasteiger partial charge in [-0.3, -0.25) is 19.8 Å². The Balaban J connectivity index is 0.000000170. The lowest BCUT2D eigenvalue weighted by Crippen LogP contribution is -2.49. The van der Waals surface area contributed by atoms with Crippen molar-refractivity contribution in [3.05, 3.63) is 48.5 Å². The molecule has 2 saturated carbocycles. The number of aromatic nitrogens is 8. The van der Waals surface area contributed by atoms with Gasteiger partial charge in [0, 0.05) is 85.4 Å². The highest BCUT2D eigenvalue weighted by molar-refractivity contribution is 5.92. The minimum atomic E-state index is -0.0288. The SMILES string of the molecule is CNc1nc(-c2ccc3c(N)n[nH]c3c2)cc(N2C[C@@H](C(=O)NC3CCCCC3)CC[C@H]2C)n1.CNc1nc(-c2ccc3c(N)n[nH]c3c2)cc(N2C[C@@H](C(=O)NC3CCCCC3)CC[C@H]2C)n1. The average Bonchev–Trinajstić information content (AvgIpc) is 3.94. The molecule has 4 aromatic heterocycles. The fraction of sp³-hybridized carbons (Fsp3) is 0.520. The molecule has 6 aromatic rings. The second-order valence-electron chi connectivity index (χ2n) is 19.3. The third-order valence-corrected chi connectivity index (χ3v) is 14.6. The molecule has 6 heterocycles. The molecule has 2 amide bonds. The van der Waals surface area contributed by atoms with Crippen molar-refractivity contribution in [3.8, 4) is 22.5 Å². The molecule has 360 valence electrons. The summed E-state index contributed by atoms with van der Waals surface area (Å²) in [6.45, 7) is 5.73. The number of carbonyl (C=O) groups excluding carboxylic acids is 2. The molecule has 4 atom stereocenters. The van der Waals surface area contributed by atoms with Gasteiger partial charge in [-0.15, -0.1) is 0 Å². The normalized spacial score (nSPS) is 21.5. The molecule has 2 aromatic carbocycles. The van der Waals surface area contributed by atoms with Crippen molar-refractivity contribution in [2.45, 2.75) is 128 Å². The van der Waals surface area contributed by atoms with E-state index in [1.54, 1.807) is 0 Å². The van der Waals surface area contributed by atoms with Gasteiger partial charge in [0.1, 0.15) is 11.6 Å². The third-order valence-electron chi connectivity index (χ3n) is 14.6. The first-order chi connectivity index (χ1) is 33.0. The number of benzene rings is 2. The summed E-state index contributed by atoms with van der Waals surface area (Å²) in [6, 6.07) is 17.2. The first-order valence-electron chi connectivity index (χ1n) is 24.8. The predicted molar refractivity (Wildman–Crippen MR) is 271 cm³/mol. The smallest absolute Gasteiger partial charge is 0.225 e. The third kappa shape index (κ3) is 10.4. The van der Waals surface area contributed by atoms with E-state index in [1.165, 1.54) is 38.5 Å². The van der Waals surface area contributed by atoms with Crippen molar-refractivity contribution in [1.29, 1.82) is 0 Å². The molecule has 4 aliphatic rings. The van der Waals surface area contributed by atoms with E-state index in [9.17, 15) is 9.59 Å². The molecule has 18 heteroatoms. The number of anilines is 6. The van der Waals surface area contributed by atoms with E-state index in [0.717, 1.165) is 107 Å². The Morgan fingerprint density at radius 1 is 0.559 bits per heavy atom. The number of piperidine rings is 2. The lowest BCUT2D eigenvalue weighted by atomic mass is 9.90. The van der Waals surface area contributed by atoms with Gasteiger partial charge in [-0.2, -0.15) is 20.2 Å². The number of nitrogens with one attached hydrogen (secondary N) is 6. The zero-order chi connectivity index (χ0) is 47.3. The number of rotatable bonds is 10. The quantitative estimate of drug-likeness (QED) is 0.0667. The molecule has 10 rings (SSSR count). The number of hydrogen-bond donors (Lipinski definition) is 8. The standard InChI is InChI=1S/2C25H34N8O/c2*1-15-8-9-17(24(34)28-18-6-4-3-5-7-18)14-33(15)22-13-20(29-25(27-2)30-22)16-10-11-19-21(12-16)31-32-23(19)26/h2*10-13,15,17-18H,3-9,14H2,1-2H3,(H,28,34)(H3,26,31,32)(H,27,29,30)/t2*15-,17+/m11/s1. The Labute approximate surface area is 398 Å². The predicted octanol–water partition coefficient (Wildman–Crippen LogP) is 7.40. The number of nitrogens with two attached hydrogens (primary N) is 2. The van der Waals surface area contributed by atoms with E-state index >= 15 is 0 Å². The van der Waals surface area contributed by atoms with Gasteiger partial charge in [0.25, 0.3) is 0 Å². The molecule has 2 aliphatic heterocycles. The van der Waals surface area contributed by atoms with E-state index < -0.39 is 0 Å². The summed E-state index contributed by atoms with van der Waals surface area (Å²) in [4.78, 5) is 49.6. The molecule has 10 N–H and O–H groups in total. The van der Waals surface area contributed by atoms with Gasteiger partial charge >= 0.3 is 0 Å². The first-order valence-corrected chi connectivity index (χ1v) is 24.8. The number of amides is 2. The van der Waals surface area contributed by atoms with Crippen LogP contribution in [0.1, 0.15) is 104 Å². The van der Waals surface area contributed by atoms with Gasteiger partial charge in [-0.25, -0.2) is 9.97 Å². The molecule has 0 bridgehead atoms. The van der Waals surface area contributed by atoms with Gasteiger partial charge in [0.05, 0.1) is 34.3 Å². The van der Waals surface area contributed by atoms with E-state index in [4.69, 9.17) is 31.4 Å². The molecule has 0 radical (unpaired) electrons. The van der Waals surface area contributed by atoms with Crippen LogP contribution in [-0.2, 0) is 9.59 Å². The molecular weight excluding hydrogens is 857 g/mol. The van der Waals surface area contributed by atoms with Gasteiger partial charge in [-0.05, 0) is 89.5 Å². The second kappa shape index (κ2) is 20.7. The zero-order valence-corrected chi connectivity index (χ0v) is 39.9. The number of hydrogen-bond acceptors (Lipinski definition) is 14. The monoisotopic (exact) mass is 925 g/mol. The van der Waals surface area contributed by atoms with E-state index in [2.05, 4.69) is 65.3 Å². The Morgan fingerprint density at radius 2 is 0.971 bits per heavy atom. The molecule has 4 fully saturated rings. The van der Waals surface area contributed by atoms with Gasteiger partial charge in [0.2, 0.25) is 23.7 Å². The maximum Gasteiger partial charge on any atom is 0.225 e. The van der Waals surface area contributed by atoms with Crippen molar-refractivity contribution in [2.75, 3.05) is 59.1 Å². The minimum Gasteiger partial charge on any atom is -0.382 e. The number of nitrogen functional groups attached to an aromatic ring is 2. The van der Waals surface area contributed by atoms with Crippen LogP contribution in [0.25, 0.3) is 44.3 Å². The van der Waals surface area contributed by atoms with Crippen LogP contribution >= 0.6 is 0 Å². The Hall–Kier alpha value is -6.72. The largest absolute Gasteiger partial charge is 0.382 e. The van der Waals surface area contributed by atoms with Crippen LogP contribution in [0.3, 0.4) is 0 Å². The Kier molecular flexibility index (Phi) is 14.1. The fourth-order valence-electron chi connectivity index (χ4n) is 10.5. The van der Waals surface area contributed by atoms with Crippen LogP contribution in [0.2, 0.25) is 0 Å². The molecule has 0 unspecified atom stereocenters. The van der Waals surface area contributed by atoms with Crippen LogP contribution in [0.5, 0.6) is 0 Å². The van der Waals surface area contributed by atoms with Crippen molar-refractivity contribution >= 4 is 68.8 Å². The summed E-state index contributed by atoms with van der Waals surface area (Å²) in [6.07, 6.45) is 15.6. The number of H-pyrrole nitrogens is 2. The number of aromatic amines is 2. The average molecular weight is 925 g/mol. The number of fused-ring (bicyclic) bond motifs is 2. The van der Waals surface area contributed by atoms with Crippen LogP contribution in [0.15, 0.2) is 48.5 Å². The van der Waals surface area contributed by atoms with Crippen LogP contribution in [0, 0.1) is 11.8 Å². The van der Waals surface area contributed by atoms with Crippen LogP contribution in [-0.4, -0.2) is 103 Å². The van der Waals surface area contributed by atoms with Crippen molar-refractivity contribution < 1.29 is 9.59 Å². The van der Waals surface area contributed by atoms with Crippen molar-refractivity contribution in [3.63, 3.8) is 0 Å². The topological polar surface area (TPSA) is 250 Å². The highest BCUT2D eigenvalue weighted by Crippen LogP contribution is 2.34. The second-order valence-corrected chi connectivity index (χ2v) is 19.3. The van der Waals surface area contributed by atoms with Crippen molar-refractivity contribution in [1.82, 2.24) is 51.0 Å². The molecule has 2 saturated heterocycles. The highest BCUT2D eigenvalue weighted by atomic mass is 16.2. The summed E-state index contributed by atoms with van der Waals surface area (Å²) in [5.41, 5.74) is 17.1. The highest BCUT2D eigenvalue weighted by Gasteiger charge is 2.34. The van der Waals surface area contributed by atoms with Crippen LogP contribution < -0.4 is 42.5 Å². The summed E-state index contributed by atoms with van der Waals surface area (Å²) in [7, 11) is 3.64. The zero-order valence-electron chi connectivity index (χ0n) is 39.9. The minimum absolute atomic E-state index is 0.0288. The molecule has 68 heavy (non-hydrogen) atoms. The van der Waals surface area contributed by atoms with E-state index in [-0.39, 0.29) is 23.7 Å². The van der Waals surface area contributed by atoms with Gasteiger partial charge < -0.3 is 42.5 Å². The molecule has 18 nitrogen and oxygen atoms in total. The van der Waals surface area contributed by atoms with Crippen molar-refractivity contribution in [2.24, 2.45) is 11.8 Å². The summed E-state index contributed by atoms with van der Waals surface area (Å²) in [5.74, 6) is 4.07. The summed E-state index contributed by atoms with van der Waals surface area (Å²) < 4.78 is 0. The lowest BCUT2D eigenvalue weighted by Gasteiger charge is -2.39. The molecular formula is C50H68N16O2. The first kappa shape index (κ1) is 46.4. The van der Waals surface area contributed by atoms with Gasteiger partial charge in [0.15, 0.2) is 11.6 Å². The van der Waals surface area contributed by atoms with Gasteiger partial charge in [-0.1, -0.05) is 50.7 Å². The maximum atomic E-state index is 13.1. The fourth-order valence-corrected chi connectivity index (χ4v) is 10.5. The molecule has 0 spiro atoms. The lowest BCUT2D eigenvalue weighted by molar-refractivity contribution is -0.127. The number of carbonyl (C=O) groups is 2. The van der Waals surface area contributed by atoms with Crippen LogP contribution in [0.4, 0.5) is 35.2 Å². The molecule has 2 aliphatic carbocycles. The van der Waals surface area contributed by atoms with E-state index in [1.807, 2.05) is 62.6 Å². The summed E-state index contributed by atoms with van der Waals surface area (Å²) in [5, 5.41) is 28.8. The maximum absolute atomic E-state index is 13.1.